The van der Waals surface area contributed by atoms with E-state index in [9.17, 15) is 5.26 Å². The second-order valence-electron chi connectivity index (χ2n) is 4.05. The van der Waals surface area contributed by atoms with Gasteiger partial charge < -0.3 is 4.74 Å². The molecule has 0 aliphatic heterocycles. The minimum absolute atomic E-state index is 0.286. The maximum absolute atomic E-state index is 9.31. The fraction of sp³-hybridized carbons (Fsp3) is 0.125. The van der Waals surface area contributed by atoms with Crippen molar-refractivity contribution in [2.45, 2.75) is 5.25 Å². The molecule has 0 aromatic heterocycles. The van der Waals surface area contributed by atoms with Crippen LogP contribution in [0.15, 0.2) is 54.6 Å². The number of ether oxygens (including phenoxy) is 1. The highest BCUT2D eigenvalue weighted by molar-refractivity contribution is 8.23. The standard InChI is InChI=1S/C16H13NOS2/c1-18-14-9-7-13(8-10-14)16(19)20-15(11-17)12-5-3-2-4-6-12/h2-10,15H,1H3. The minimum Gasteiger partial charge on any atom is -0.497 e. The summed E-state index contributed by atoms with van der Waals surface area (Å²) in [5.74, 6) is 0.793. The highest BCUT2D eigenvalue weighted by atomic mass is 32.2. The van der Waals surface area contributed by atoms with Gasteiger partial charge in [0.05, 0.1) is 17.4 Å². The molecule has 0 fully saturated rings. The van der Waals surface area contributed by atoms with Crippen LogP contribution in [0.2, 0.25) is 0 Å². The van der Waals surface area contributed by atoms with Gasteiger partial charge in [0.1, 0.15) is 11.0 Å². The molecule has 0 saturated carbocycles. The number of thiocarbonyl (C=S) groups is 1. The molecule has 4 heteroatoms. The second-order valence-corrected chi connectivity index (χ2v) is 5.84. The molecular weight excluding hydrogens is 286 g/mol. The van der Waals surface area contributed by atoms with E-state index in [1.807, 2.05) is 54.6 Å². The molecule has 0 aliphatic rings. The van der Waals surface area contributed by atoms with Crippen LogP contribution < -0.4 is 4.74 Å². The van der Waals surface area contributed by atoms with Gasteiger partial charge in [0.25, 0.3) is 0 Å². The van der Waals surface area contributed by atoms with Crippen LogP contribution >= 0.6 is 24.0 Å². The van der Waals surface area contributed by atoms with E-state index in [0.29, 0.717) is 4.20 Å². The largest absolute Gasteiger partial charge is 0.497 e. The monoisotopic (exact) mass is 299 g/mol. The highest BCUT2D eigenvalue weighted by Gasteiger charge is 2.14. The molecule has 0 N–H and O–H groups in total. The lowest BCUT2D eigenvalue weighted by Gasteiger charge is -2.10. The van der Waals surface area contributed by atoms with Crippen molar-refractivity contribution >= 4 is 28.2 Å². The molecule has 2 aromatic rings. The number of benzene rings is 2. The quantitative estimate of drug-likeness (QED) is 0.785. The average Bonchev–Trinajstić information content (AvgIpc) is 2.53. The maximum atomic E-state index is 9.31. The third-order valence-corrected chi connectivity index (χ3v) is 4.36. The predicted molar refractivity (Wildman–Crippen MR) is 87.1 cm³/mol. The summed E-state index contributed by atoms with van der Waals surface area (Å²) in [5.41, 5.74) is 1.90. The number of rotatable bonds is 4. The van der Waals surface area contributed by atoms with E-state index in [-0.39, 0.29) is 5.25 Å². The van der Waals surface area contributed by atoms with Crippen molar-refractivity contribution in [3.63, 3.8) is 0 Å². The first-order valence-electron chi connectivity index (χ1n) is 6.04. The van der Waals surface area contributed by atoms with E-state index in [4.69, 9.17) is 17.0 Å². The summed E-state index contributed by atoms with van der Waals surface area (Å²) < 4.78 is 5.83. The van der Waals surface area contributed by atoms with E-state index >= 15 is 0 Å². The van der Waals surface area contributed by atoms with Gasteiger partial charge in [-0.3, -0.25) is 0 Å². The SMILES string of the molecule is COc1ccc(C(=S)SC(C#N)c2ccccc2)cc1. The normalized spacial score (nSPS) is 11.4. The number of hydrogen-bond donors (Lipinski definition) is 0. The zero-order valence-electron chi connectivity index (χ0n) is 10.9. The summed E-state index contributed by atoms with van der Waals surface area (Å²) in [6.45, 7) is 0. The Morgan fingerprint density at radius 3 is 2.35 bits per heavy atom. The van der Waals surface area contributed by atoms with Gasteiger partial charge in [0.15, 0.2) is 0 Å². The third kappa shape index (κ3) is 3.60. The molecule has 0 amide bonds. The first-order valence-corrected chi connectivity index (χ1v) is 7.33. The Bertz CT molecular complexity index is 617. The Hall–Kier alpha value is -1.83. The lowest BCUT2D eigenvalue weighted by atomic mass is 10.2. The highest BCUT2D eigenvalue weighted by Crippen LogP contribution is 2.31. The van der Waals surface area contributed by atoms with E-state index in [2.05, 4.69) is 6.07 Å². The number of nitriles is 1. The average molecular weight is 299 g/mol. The Morgan fingerprint density at radius 1 is 1.15 bits per heavy atom. The number of methoxy groups -OCH3 is 1. The number of hydrogen-bond acceptors (Lipinski definition) is 4. The minimum atomic E-state index is -0.286. The van der Waals surface area contributed by atoms with Crippen molar-refractivity contribution in [2.75, 3.05) is 7.11 Å². The molecule has 2 rings (SSSR count). The third-order valence-electron chi connectivity index (χ3n) is 2.77. The molecule has 1 unspecified atom stereocenters. The topological polar surface area (TPSA) is 33.0 Å². The smallest absolute Gasteiger partial charge is 0.122 e. The van der Waals surface area contributed by atoms with Gasteiger partial charge in [-0.15, -0.1) is 0 Å². The second kappa shape index (κ2) is 7.09. The van der Waals surface area contributed by atoms with Crippen LogP contribution in [0.3, 0.4) is 0 Å². The van der Waals surface area contributed by atoms with Gasteiger partial charge in [-0.2, -0.15) is 5.26 Å². The zero-order chi connectivity index (χ0) is 14.4. The van der Waals surface area contributed by atoms with Crippen molar-refractivity contribution in [1.29, 1.82) is 5.26 Å². The Balaban J connectivity index is 2.11. The van der Waals surface area contributed by atoms with Gasteiger partial charge in [-0.1, -0.05) is 54.3 Å². The van der Waals surface area contributed by atoms with Crippen molar-refractivity contribution in [3.8, 4) is 11.8 Å². The molecule has 0 heterocycles. The molecule has 0 saturated heterocycles. The van der Waals surface area contributed by atoms with Crippen molar-refractivity contribution < 1.29 is 4.74 Å². The Labute approximate surface area is 128 Å². The van der Waals surface area contributed by atoms with Crippen LogP contribution in [0.5, 0.6) is 5.75 Å². The maximum Gasteiger partial charge on any atom is 0.122 e. The summed E-state index contributed by atoms with van der Waals surface area (Å²) >= 11 is 6.81. The summed E-state index contributed by atoms with van der Waals surface area (Å²) in [6.07, 6.45) is 0. The van der Waals surface area contributed by atoms with Crippen LogP contribution in [0.4, 0.5) is 0 Å². The van der Waals surface area contributed by atoms with Crippen molar-refractivity contribution in [1.82, 2.24) is 0 Å². The molecule has 2 nitrogen and oxygen atoms in total. The van der Waals surface area contributed by atoms with Crippen LogP contribution in [0.1, 0.15) is 16.4 Å². The molecule has 2 aromatic carbocycles. The molecule has 100 valence electrons. The van der Waals surface area contributed by atoms with Gasteiger partial charge in [0.2, 0.25) is 0 Å². The molecule has 0 spiro atoms. The van der Waals surface area contributed by atoms with E-state index in [0.717, 1.165) is 16.9 Å². The summed E-state index contributed by atoms with van der Waals surface area (Å²) in [6, 6.07) is 19.5. The zero-order valence-corrected chi connectivity index (χ0v) is 12.6. The molecule has 0 radical (unpaired) electrons. The van der Waals surface area contributed by atoms with E-state index < -0.39 is 0 Å². The number of nitrogens with zero attached hydrogens (tertiary/aromatic N) is 1. The van der Waals surface area contributed by atoms with Crippen LogP contribution in [0, 0.1) is 11.3 Å². The lowest BCUT2D eigenvalue weighted by molar-refractivity contribution is 0.415. The fourth-order valence-corrected chi connectivity index (χ4v) is 2.96. The van der Waals surface area contributed by atoms with Gasteiger partial charge >= 0.3 is 0 Å². The lowest BCUT2D eigenvalue weighted by Crippen LogP contribution is -1.98. The molecule has 0 bridgehead atoms. The fourth-order valence-electron chi connectivity index (χ4n) is 1.70. The Morgan fingerprint density at radius 2 is 1.80 bits per heavy atom. The van der Waals surface area contributed by atoms with E-state index in [1.165, 1.54) is 11.8 Å². The van der Waals surface area contributed by atoms with Gasteiger partial charge in [-0.05, 0) is 35.4 Å². The van der Waals surface area contributed by atoms with Gasteiger partial charge in [-0.25, -0.2) is 0 Å². The van der Waals surface area contributed by atoms with Crippen LogP contribution in [0.25, 0.3) is 0 Å². The Kier molecular flexibility index (Phi) is 5.16. The molecular formula is C16H13NOS2. The summed E-state index contributed by atoms with van der Waals surface area (Å²) in [7, 11) is 1.63. The predicted octanol–water partition coefficient (Wildman–Crippen LogP) is 4.37. The van der Waals surface area contributed by atoms with E-state index in [1.54, 1.807) is 7.11 Å². The summed E-state index contributed by atoms with van der Waals surface area (Å²) in [4.78, 5) is 0. The van der Waals surface area contributed by atoms with Crippen molar-refractivity contribution in [2.24, 2.45) is 0 Å². The van der Waals surface area contributed by atoms with Crippen LogP contribution in [-0.4, -0.2) is 11.3 Å². The van der Waals surface area contributed by atoms with Crippen molar-refractivity contribution in [3.05, 3.63) is 65.7 Å². The molecule has 0 aliphatic carbocycles. The first-order chi connectivity index (χ1) is 9.74. The van der Waals surface area contributed by atoms with Gasteiger partial charge in [0, 0.05) is 0 Å². The first kappa shape index (κ1) is 14.6. The molecule has 1 atom stereocenters. The summed E-state index contributed by atoms with van der Waals surface area (Å²) in [5, 5.41) is 9.02. The van der Waals surface area contributed by atoms with Crippen LogP contribution in [-0.2, 0) is 0 Å². The number of thioether (sulfide) groups is 1. The molecule has 20 heavy (non-hydrogen) atoms.